The third kappa shape index (κ3) is 3.21. The zero-order chi connectivity index (χ0) is 13.1. The molecule has 1 aromatic carbocycles. The second-order valence-electron chi connectivity index (χ2n) is 3.93. The summed E-state index contributed by atoms with van der Waals surface area (Å²) in [6.07, 6.45) is 1.74. The van der Waals surface area contributed by atoms with Crippen LogP contribution in [0.3, 0.4) is 0 Å². The number of benzene rings is 1. The Labute approximate surface area is 118 Å². The van der Waals surface area contributed by atoms with Crippen molar-refractivity contribution in [1.29, 1.82) is 0 Å². The average Bonchev–Trinajstić information content (AvgIpc) is 2.35. The summed E-state index contributed by atoms with van der Waals surface area (Å²) < 4.78 is 13.8. The lowest BCUT2D eigenvalue weighted by molar-refractivity contribution is 0.627. The molecule has 1 N–H and O–H groups in total. The van der Waals surface area contributed by atoms with Crippen LogP contribution in [0.15, 0.2) is 35.1 Å². The molecule has 0 fully saturated rings. The lowest BCUT2D eigenvalue weighted by Crippen LogP contribution is -2.00. The van der Waals surface area contributed by atoms with E-state index in [1.807, 2.05) is 13.0 Å². The number of aromatic nitrogens is 1. The van der Waals surface area contributed by atoms with Crippen LogP contribution in [0.1, 0.15) is 11.1 Å². The molecule has 18 heavy (non-hydrogen) atoms. The van der Waals surface area contributed by atoms with Crippen LogP contribution in [0.4, 0.5) is 10.1 Å². The number of hydrogen-bond donors (Lipinski definition) is 1. The third-order valence-electron chi connectivity index (χ3n) is 2.50. The van der Waals surface area contributed by atoms with Crippen LogP contribution in [-0.4, -0.2) is 4.98 Å². The van der Waals surface area contributed by atoms with E-state index in [2.05, 4.69) is 26.2 Å². The van der Waals surface area contributed by atoms with Crippen molar-refractivity contribution in [3.8, 4) is 0 Å². The molecule has 2 aromatic rings. The van der Waals surface area contributed by atoms with E-state index in [9.17, 15) is 4.39 Å². The largest absolute Gasteiger partial charge is 0.380 e. The van der Waals surface area contributed by atoms with Gasteiger partial charge in [-0.3, -0.25) is 0 Å². The predicted molar refractivity (Wildman–Crippen MR) is 75.4 cm³/mol. The van der Waals surface area contributed by atoms with E-state index in [0.717, 1.165) is 21.4 Å². The van der Waals surface area contributed by atoms with E-state index >= 15 is 0 Å². The quantitative estimate of drug-likeness (QED) is 0.835. The Bertz CT molecular complexity index is 523. The van der Waals surface area contributed by atoms with Crippen LogP contribution < -0.4 is 5.32 Å². The fraction of sp³-hybridized carbons (Fsp3) is 0.154. The SMILES string of the molecule is Cc1cc(NCc2ccc(F)c(Cl)c2)cnc1Br. The zero-order valence-corrected chi connectivity index (χ0v) is 12.0. The molecule has 2 rings (SSSR count). The van der Waals surface area contributed by atoms with Crippen LogP contribution in [0, 0.1) is 12.7 Å². The summed E-state index contributed by atoms with van der Waals surface area (Å²) in [5.74, 6) is -0.401. The predicted octanol–water partition coefficient (Wildman–Crippen LogP) is 4.56. The smallest absolute Gasteiger partial charge is 0.141 e. The maximum atomic E-state index is 13.0. The molecule has 0 saturated carbocycles. The Kier molecular flexibility index (Phi) is 4.19. The van der Waals surface area contributed by atoms with Crippen molar-refractivity contribution in [2.45, 2.75) is 13.5 Å². The second kappa shape index (κ2) is 5.67. The van der Waals surface area contributed by atoms with Crippen molar-refractivity contribution >= 4 is 33.2 Å². The second-order valence-corrected chi connectivity index (χ2v) is 5.09. The van der Waals surface area contributed by atoms with E-state index in [4.69, 9.17) is 11.6 Å². The van der Waals surface area contributed by atoms with Crippen molar-refractivity contribution < 1.29 is 4.39 Å². The summed E-state index contributed by atoms with van der Waals surface area (Å²) in [7, 11) is 0. The van der Waals surface area contributed by atoms with E-state index < -0.39 is 5.82 Å². The number of nitrogens with one attached hydrogen (secondary N) is 1. The summed E-state index contributed by atoms with van der Waals surface area (Å²) in [5, 5.41) is 3.35. The maximum absolute atomic E-state index is 13.0. The molecule has 0 saturated heterocycles. The first-order chi connectivity index (χ1) is 8.56. The number of anilines is 1. The fourth-order valence-corrected chi connectivity index (χ4v) is 1.93. The molecule has 0 atom stereocenters. The first kappa shape index (κ1) is 13.3. The minimum atomic E-state index is -0.401. The number of hydrogen-bond acceptors (Lipinski definition) is 2. The van der Waals surface area contributed by atoms with Gasteiger partial charge in [-0.25, -0.2) is 9.37 Å². The Hall–Kier alpha value is -1.13. The molecule has 0 aliphatic heterocycles. The van der Waals surface area contributed by atoms with Crippen LogP contribution in [0.2, 0.25) is 5.02 Å². The Balaban J connectivity index is 2.06. The minimum Gasteiger partial charge on any atom is -0.380 e. The summed E-state index contributed by atoms with van der Waals surface area (Å²) in [5.41, 5.74) is 2.88. The van der Waals surface area contributed by atoms with Gasteiger partial charge in [-0.05, 0) is 52.2 Å². The van der Waals surface area contributed by atoms with Gasteiger partial charge in [-0.2, -0.15) is 0 Å². The number of aryl methyl sites for hydroxylation is 1. The van der Waals surface area contributed by atoms with Gasteiger partial charge >= 0.3 is 0 Å². The van der Waals surface area contributed by atoms with Crippen molar-refractivity contribution in [2.75, 3.05) is 5.32 Å². The molecule has 0 aliphatic carbocycles. The standard InChI is InChI=1S/C13H11BrClFN2/c1-8-4-10(7-18-13(8)14)17-6-9-2-3-12(16)11(15)5-9/h2-5,7,17H,6H2,1H3. The van der Waals surface area contributed by atoms with Gasteiger partial charge in [0.1, 0.15) is 10.4 Å². The molecule has 0 radical (unpaired) electrons. The van der Waals surface area contributed by atoms with Crippen molar-refractivity contribution in [2.24, 2.45) is 0 Å². The number of halogens is 3. The van der Waals surface area contributed by atoms with Crippen molar-refractivity contribution in [3.63, 3.8) is 0 Å². The minimum absolute atomic E-state index is 0.138. The molecule has 5 heteroatoms. The maximum Gasteiger partial charge on any atom is 0.141 e. The molecule has 1 aromatic heterocycles. The van der Waals surface area contributed by atoms with Gasteiger partial charge in [0, 0.05) is 6.54 Å². The van der Waals surface area contributed by atoms with Crippen LogP contribution in [-0.2, 0) is 6.54 Å². The lowest BCUT2D eigenvalue weighted by atomic mass is 10.2. The van der Waals surface area contributed by atoms with E-state index in [-0.39, 0.29) is 5.02 Å². The molecule has 0 aliphatic rings. The normalized spacial score (nSPS) is 10.4. The van der Waals surface area contributed by atoms with Gasteiger partial charge in [0.15, 0.2) is 0 Å². The van der Waals surface area contributed by atoms with Crippen LogP contribution >= 0.6 is 27.5 Å². The monoisotopic (exact) mass is 328 g/mol. The molecule has 0 amide bonds. The van der Waals surface area contributed by atoms with Gasteiger partial charge < -0.3 is 5.32 Å². The number of nitrogens with zero attached hydrogens (tertiary/aromatic N) is 1. The highest BCUT2D eigenvalue weighted by Crippen LogP contribution is 2.19. The third-order valence-corrected chi connectivity index (χ3v) is 3.61. The van der Waals surface area contributed by atoms with Gasteiger partial charge in [0.2, 0.25) is 0 Å². The molecule has 0 bridgehead atoms. The van der Waals surface area contributed by atoms with E-state index in [1.165, 1.54) is 6.07 Å². The summed E-state index contributed by atoms with van der Waals surface area (Å²) in [4.78, 5) is 4.19. The molecule has 2 nitrogen and oxygen atoms in total. The summed E-state index contributed by atoms with van der Waals surface area (Å²) in [6.45, 7) is 2.54. The molecule has 1 heterocycles. The van der Waals surface area contributed by atoms with E-state index in [0.29, 0.717) is 6.54 Å². The Morgan fingerprint density at radius 3 is 2.83 bits per heavy atom. The van der Waals surface area contributed by atoms with Crippen molar-refractivity contribution in [3.05, 3.63) is 57.0 Å². The first-order valence-corrected chi connectivity index (χ1v) is 6.53. The van der Waals surface area contributed by atoms with Gasteiger partial charge in [0.25, 0.3) is 0 Å². The molecule has 94 valence electrons. The molecule has 0 unspecified atom stereocenters. The van der Waals surface area contributed by atoms with Gasteiger partial charge in [-0.1, -0.05) is 17.7 Å². The van der Waals surface area contributed by atoms with Gasteiger partial charge in [0.05, 0.1) is 16.9 Å². The lowest BCUT2D eigenvalue weighted by Gasteiger charge is -2.08. The van der Waals surface area contributed by atoms with E-state index in [1.54, 1.807) is 18.3 Å². The number of pyridine rings is 1. The van der Waals surface area contributed by atoms with Crippen LogP contribution in [0.5, 0.6) is 0 Å². The Morgan fingerprint density at radius 2 is 2.17 bits per heavy atom. The number of rotatable bonds is 3. The van der Waals surface area contributed by atoms with Crippen LogP contribution in [0.25, 0.3) is 0 Å². The molecular formula is C13H11BrClFN2. The molecule has 0 spiro atoms. The fourth-order valence-electron chi connectivity index (χ4n) is 1.51. The highest BCUT2D eigenvalue weighted by atomic mass is 79.9. The van der Waals surface area contributed by atoms with Gasteiger partial charge in [-0.15, -0.1) is 0 Å². The summed E-state index contributed by atoms with van der Waals surface area (Å²) in [6, 6.07) is 6.67. The van der Waals surface area contributed by atoms with Crippen molar-refractivity contribution in [1.82, 2.24) is 4.98 Å². The first-order valence-electron chi connectivity index (χ1n) is 5.36. The topological polar surface area (TPSA) is 24.9 Å². The molecular weight excluding hydrogens is 319 g/mol. The Morgan fingerprint density at radius 1 is 1.39 bits per heavy atom. The zero-order valence-electron chi connectivity index (χ0n) is 9.67. The average molecular weight is 330 g/mol. The highest BCUT2D eigenvalue weighted by Gasteiger charge is 2.02. The highest BCUT2D eigenvalue weighted by molar-refractivity contribution is 9.10. The summed E-state index contributed by atoms with van der Waals surface area (Å²) >= 11 is 9.07.